The molecule has 1 aliphatic heterocycles. The van der Waals surface area contributed by atoms with Gasteiger partial charge in [0.15, 0.2) is 0 Å². The Kier molecular flexibility index (Phi) is 5.40. The van der Waals surface area contributed by atoms with Gasteiger partial charge in [0.1, 0.15) is 9.77 Å². The molecule has 5 nitrogen and oxygen atoms in total. The fraction of sp³-hybridized carbons (Fsp3) is 0.643. The van der Waals surface area contributed by atoms with Crippen LogP contribution in [-0.2, 0) is 10.0 Å². The third-order valence-electron chi connectivity index (χ3n) is 3.81. The highest BCUT2D eigenvalue weighted by Crippen LogP contribution is 2.28. The zero-order chi connectivity index (χ0) is 15.5. The summed E-state index contributed by atoms with van der Waals surface area (Å²) < 4.78 is 27.0. The number of amides is 1. The van der Waals surface area contributed by atoms with Crippen LogP contribution in [0, 0.1) is 0 Å². The van der Waals surface area contributed by atoms with Crippen molar-refractivity contribution in [2.45, 2.75) is 38.0 Å². The standard InChI is InChI=1S/C14H22N2O3S2/c1-3-15(4-2)14(17)13-12(8-11-20-13)21(18,19)16-9-6-5-7-10-16/h8,11H,3-7,9-10H2,1-2H3. The van der Waals surface area contributed by atoms with Gasteiger partial charge in [-0.05, 0) is 38.1 Å². The fourth-order valence-corrected chi connectivity index (χ4v) is 5.43. The molecule has 0 aliphatic carbocycles. The lowest BCUT2D eigenvalue weighted by molar-refractivity contribution is 0.0774. The van der Waals surface area contributed by atoms with E-state index in [1.165, 1.54) is 15.6 Å². The van der Waals surface area contributed by atoms with Gasteiger partial charge in [-0.25, -0.2) is 8.42 Å². The first-order valence-electron chi connectivity index (χ1n) is 7.39. The third kappa shape index (κ3) is 3.30. The molecule has 2 heterocycles. The van der Waals surface area contributed by atoms with Crippen molar-refractivity contribution in [3.8, 4) is 0 Å². The van der Waals surface area contributed by atoms with Crippen LogP contribution in [0.25, 0.3) is 0 Å². The molecule has 0 N–H and O–H groups in total. The van der Waals surface area contributed by atoms with Crippen molar-refractivity contribution in [2.24, 2.45) is 0 Å². The maximum Gasteiger partial charge on any atom is 0.265 e. The second-order valence-corrected chi connectivity index (χ2v) is 7.88. The first-order valence-corrected chi connectivity index (χ1v) is 9.71. The van der Waals surface area contributed by atoms with Gasteiger partial charge in [0.25, 0.3) is 5.91 Å². The van der Waals surface area contributed by atoms with Crippen LogP contribution < -0.4 is 0 Å². The number of piperidine rings is 1. The summed E-state index contributed by atoms with van der Waals surface area (Å²) >= 11 is 1.21. The lowest BCUT2D eigenvalue weighted by Gasteiger charge is -2.26. The van der Waals surface area contributed by atoms with Gasteiger partial charge in [-0.2, -0.15) is 4.31 Å². The SMILES string of the molecule is CCN(CC)C(=O)c1sccc1S(=O)(=O)N1CCCCC1. The minimum atomic E-state index is -3.55. The van der Waals surface area contributed by atoms with Crippen LogP contribution in [0.5, 0.6) is 0 Å². The molecule has 7 heteroatoms. The summed E-state index contributed by atoms with van der Waals surface area (Å²) in [6.45, 7) is 6.06. The number of sulfonamides is 1. The topological polar surface area (TPSA) is 57.7 Å². The monoisotopic (exact) mass is 330 g/mol. The summed E-state index contributed by atoms with van der Waals surface area (Å²) in [6.07, 6.45) is 2.85. The Morgan fingerprint density at radius 2 is 1.86 bits per heavy atom. The zero-order valence-corrected chi connectivity index (χ0v) is 14.2. The molecular formula is C14H22N2O3S2. The average Bonchev–Trinajstić information content (AvgIpc) is 2.99. The van der Waals surface area contributed by atoms with E-state index in [0.717, 1.165) is 19.3 Å². The van der Waals surface area contributed by atoms with E-state index in [4.69, 9.17) is 0 Å². The molecule has 1 aliphatic rings. The predicted octanol–water partition coefficient (Wildman–Crippen LogP) is 2.40. The minimum absolute atomic E-state index is 0.173. The van der Waals surface area contributed by atoms with Gasteiger partial charge >= 0.3 is 0 Å². The molecule has 0 unspecified atom stereocenters. The van der Waals surface area contributed by atoms with Gasteiger partial charge in [-0.1, -0.05) is 6.42 Å². The Labute approximate surface area is 130 Å². The first-order chi connectivity index (χ1) is 10.0. The number of nitrogens with zero attached hydrogens (tertiary/aromatic N) is 2. The minimum Gasteiger partial charge on any atom is -0.338 e. The van der Waals surface area contributed by atoms with Gasteiger partial charge in [0.2, 0.25) is 10.0 Å². The molecule has 1 aromatic heterocycles. The molecule has 0 atom stereocenters. The third-order valence-corrected chi connectivity index (χ3v) is 6.78. The quantitative estimate of drug-likeness (QED) is 0.833. The van der Waals surface area contributed by atoms with Crippen molar-refractivity contribution in [2.75, 3.05) is 26.2 Å². The Morgan fingerprint density at radius 3 is 2.43 bits per heavy atom. The highest BCUT2D eigenvalue weighted by molar-refractivity contribution is 7.89. The van der Waals surface area contributed by atoms with E-state index < -0.39 is 10.0 Å². The van der Waals surface area contributed by atoms with E-state index in [-0.39, 0.29) is 10.8 Å². The van der Waals surface area contributed by atoms with Crippen molar-refractivity contribution in [1.29, 1.82) is 0 Å². The van der Waals surface area contributed by atoms with Crippen molar-refractivity contribution < 1.29 is 13.2 Å². The van der Waals surface area contributed by atoms with Crippen LogP contribution in [0.4, 0.5) is 0 Å². The molecule has 0 aromatic carbocycles. The normalized spacial score (nSPS) is 16.9. The molecule has 1 amide bonds. The van der Waals surface area contributed by atoms with E-state index in [1.54, 1.807) is 16.3 Å². The van der Waals surface area contributed by atoms with E-state index in [9.17, 15) is 13.2 Å². The Balaban J connectivity index is 2.33. The van der Waals surface area contributed by atoms with Gasteiger partial charge in [-0.3, -0.25) is 4.79 Å². The summed E-state index contributed by atoms with van der Waals surface area (Å²) in [7, 11) is -3.55. The van der Waals surface area contributed by atoms with Crippen LogP contribution in [0.15, 0.2) is 16.3 Å². The molecule has 0 radical (unpaired) electrons. The molecule has 0 bridgehead atoms. The summed E-state index contributed by atoms with van der Waals surface area (Å²) in [5.41, 5.74) is 0. The second-order valence-electron chi connectivity index (χ2n) is 5.06. The van der Waals surface area contributed by atoms with Gasteiger partial charge in [0.05, 0.1) is 0 Å². The highest BCUT2D eigenvalue weighted by atomic mass is 32.2. The molecule has 21 heavy (non-hydrogen) atoms. The smallest absolute Gasteiger partial charge is 0.265 e. The Morgan fingerprint density at radius 1 is 1.24 bits per heavy atom. The van der Waals surface area contributed by atoms with E-state index in [1.807, 2.05) is 13.8 Å². The molecular weight excluding hydrogens is 308 g/mol. The molecule has 2 rings (SSSR count). The van der Waals surface area contributed by atoms with Crippen molar-refractivity contribution in [1.82, 2.24) is 9.21 Å². The summed E-state index contributed by atoms with van der Waals surface area (Å²) in [5.74, 6) is -0.189. The molecule has 118 valence electrons. The molecule has 0 saturated carbocycles. The number of thiophene rings is 1. The molecule has 1 aromatic rings. The lowest BCUT2D eigenvalue weighted by atomic mass is 10.2. The number of rotatable bonds is 5. The number of hydrogen-bond acceptors (Lipinski definition) is 4. The Bertz CT molecular complexity index is 585. The van der Waals surface area contributed by atoms with Crippen LogP contribution in [0.3, 0.4) is 0 Å². The van der Waals surface area contributed by atoms with E-state index in [0.29, 0.717) is 31.1 Å². The Hall–Kier alpha value is -0.920. The fourth-order valence-electron chi connectivity index (χ4n) is 2.56. The van der Waals surface area contributed by atoms with Crippen molar-refractivity contribution in [3.63, 3.8) is 0 Å². The molecule has 1 fully saturated rings. The van der Waals surface area contributed by atoms with E-state index in [2.05, 4.69) is 0 Å². The number of carbonyl (C=O) groups excluding carboxylic acids is 1. The van der Waals surface area contributed by atoms with Crippen LogP contribution in [0.1, 0.15) is 42.8 Å². The van der Waals surface area contributed by atoms with E-state index >= 15 is 0 Å². The summed E-state index contributed by atoms with van der Waals surface area (Å²) in [4.78, 5) is 14.6. The van der Waals surface area contributed by atoms with Crippen LogP contribution >= 0.6 is 11.3 Å². The maximum absolute atomic E-state index is 12.7. The van der Waals surface area contributed by atoms with Crippen molar-refractivity contribution >= 4 is 27.3 Å². The molecule has 0 spiro atoms. The highest BCUT2D eigenvalue weighted by Gasteiger charge is 2.31. The zero-order valence-electron chi connectivity index (χ0n) is 12.5. The molecule has 1 saturated heterocycles. The summed E-state index contributed by atoms with van der Waals surface area (Å²) in [5, 5.41) is 1.69. The van der Waals surface area contributed by atoms with Gasteiger partial charge < -0.3 is 4.90 Å². The van der Waals surface area contributed by atoms with Gasteiger partial charge in [-0.15, -0.1) is 11.3 Å². The first kappa shape index (κ1) is 16.5. The lowest BCUT2D eigenvalue weighted by Crippen LogP contribution is -2.37. The summed E-state index contributed by atoms with van der Waals surface area (Å²) in [6, 6.07) is 1.56. The van der Waals surface area contributed by atoms with Crippen LogP contribution in [0.2, 0.25) is 0 Å². The maximum atomic E-state index is 12.7. The largest absolute Gasteiger partial charge is 0.338 e. The second kappa shape index (κ2) is 6.89. The van der Waals surface area contributed by atoms with Crippen molar-refractivity contribution in [3.05, 3.63) is 16.3 Å². The average molecular weight is 330 g/mol. The van der Waals surface area contributed by atoms with Crippen LogP contribution in [-0.4, -0.2) is 49.7 Å². The van der Waals surface area contributed by atoms with Gasteiger partial charge in [0, 0.05) is 26.2 Å². The number of carbonyl (C=O) groups is 1. The number of hydrogen-bond donors (Lipinski definition) is 0. The predicted molar refractivity (Wildman–Crippen MR) is 84.2 cm³/mol.